The fourth-order valence-electron chi connectivity index (χ4n) is 3.19. The zero-order valence-electron chi connectivity index (χ0n) is 15.5. The molecule has 9 heteroatoms. The molecule has 1 amide bonds. The van der Waals surface area contributed by atoms with Gasteiger partial charge in [-0.25, -0.2) is 0 Å². The fraction of sp³-hybridized carbons (Fsp3) is 0.316. The monoisotopic (exact) mass is 449 g/mol. The number of ether oxygens (including phenoxy) is 2. The number of anilines is 2. The number of nitro benzene ring substituents is 1. The van der Waals surface area contributed by atoms with E-state index in [-0.39, 0.29) is 5.69 Å². The van der Waals surface area contributed by atoms with E-state index in [9.17, 15) is 14.9 Å². The number of hydrogen-bond acceptors (Lipinski definition) is 6. The standard InChI is InChI=1S/C19H20BrN3O5/c1-12-9-13(20)10-15(18(12)27-2)19(24)21-14-3-4-16(17(11-14)23(25)26)22-5-7-28-8-6-22/h3-4,9-11H,5-8H2,1-2H3,(H,21,24). The molecular formula is C19H20BrN3O5. The van der Waals surface area contributed by atoms with Gasteiger partial charge in [-0.3, -0.25) is 14.9 Å². The van der Waals surface area contributed by atoms with Gasteiger partial charge in [0.2, 0.25) is 0 Å². The second-order valence-corrected chi connectivity index (χ2v) is 7.23. The van der Waals surface area contributed by atoms with Crippen molar-refractivity contribution in [3.63, 3.8) is 0 Å². The molecule has 0 unspecified atom stereocenters. The Kier molecular flexibility index (Phi) is 6.15. The van der Waals surface area contributed by atoms with Gasteiger partial charge in [-0.15, -0.1) is 0 Å². The first kappa shape index (κ1) is 20.1. The summed E-state index contributed by atoms with van der Waals surface area (Å²) in [7, 11) is 1.50. The highest BCUT2D eigenvalue weighted by Crippen LogP contribution is 2.33. The van der Waals surface area contributed by atoms with Crippen LogP contribution in [-0.2, 0) is 4.74 Å². The quantitative estimate of drug-likeness (QED) is 0.551. The summed E-state index contributed by atoms with van der Waals surface area (Å²) in [6, 6.07) is 8.19. The number of carbonyl (C=O) groups is 1. The van der Waals surface area contributed by atoms with Crippen molar-refractivity contribution in [2.24, 2.45) is 0 Å². The van der Waals surface area contributed by atoms with Gasteiger partial charge in [-0.2, -0.15) is 0 Å². The zero-order valence-corrected chi connectivity index (χ0v) is 17.1. The van der Waals surface area contributed by atoms with Crippen molar-refractivity contribution in [1.29, 1.82) is 0 Å². The third-order valence-corrected chi connectivity index (χ3v) is 4.93. The highest BCUT2D eigenvalue weighted by atomic mass is 79.9. The number of morpholine rings is 1. The molecule has 28 heavy (non-hydrogen) atoms. The number of carbonyl (C=O) groups excluding carboxylic acids is 1. The Hall–Kier alpha value is -2.65. The summed E-state index contributed by atoms with van der Waals surface area (Å²) in [5.41, 5.74) is 1.94. The molecule has 0 atom stereocenters. The topological polar surface area (TPSA) is 93.9 Å². The van der Waals surface area contributed by atoms with Gasteiger partial charge in [-0.05, 0) is 36.8 Å². The number of nitro groups is 1. The minimum Gasteiger partial charge on any atom is -0.496 e. The van der Waals surface area contributed by atoms with Crippen molar-refractivity contribution in [1.82, 2.24) is 0 Å². The largest absolute Gasteiger partial charge is 0.496 e. The average Bonchev–Trinajstić information content (AvgIpc) is 2.68. The maximum atomic E-state index is 12.8. The van der Waals surface area contributed by atoms with Crippen LogP contribution in [0.2, 0.25) is 0 Å². The second kappa shape index (κ2) is 8.57. The van der Waals surface area contributed by atoms with Gasteiger partial charge < -0.3 is 19.7 Å². The molecule has 0 spiro atoms. The van der Waals surface area contributed by atoms with Gasteiger partial charge in [0.05, 0.1) is 30.8 Å². The van der Waals surface area contributed by atoms with Gasteiger partial charge in [0.15, 0.2) is 0 Å². The Morgan fingerprint density at radius 1 is 1.29 bits per heavy atom. The molecule has 1 heterocycles. The van der Waals surface area contributed by atoms with Crippen LogP contribution in [0, 0.1) is 17.0 Å². The van der Waals surface area contributed by atoms with Crippen LogP contribution in [0.4, 0.5) is 17.1 Å². The van der Waals surface area contributed by atoms with Gasteiger partial charge in [0, 0.05) is 29.3 Å². The molecule has 1 N–H and O–H groups in total. The molecule has 1 aliphatic heterocycles. The van der Waals surface area contributed by atoms with E-state index in [1.165, 1.54) is 13.2 Å². The maximum Gasteiger partial charge on any atom is 0.294 e. The van der Waals surface area contributed by atoms with Crippen LogP contribution in [0.1, 0.15) is 15.9 Å². The van der Waals surface area contributed by atoms with Crippen LogP contribution in [0.15, 0.2) is 34.8 Å². The Labute approximate surface area is 170 Å². The molecule has 1 fully saturated rings. The fourth-order valence-corrected chi connectivity index (χ4v) is 3.76. The van der Waals surface area contributed by atoms with Crippen molar-refractivity contribution < 1.29 is 19.2 Å². The van der Waals surface area contributed by atoms with Gasteiger partial charge >= 0.3 is 0 Å². The molecular weight excluding hydrogens is 430 g/mol. The number of nitrogens with one attached hydrogen (secondary N) is 1. The summed E-state index contributed by atoms with van der Waals surface area (Å²) < 4.78 is 11.4. The predicted molar refractivity (Wildman–Crippen MR) is 110 cm³/mol. The lowest BCUT2D eigenvalue weighted by Crippen LogP contribution is -2.36. The summed E-state index contributed by atoms with van der Waals surface area (Å²) in [4.78, 5) is 25.8. The Bertz CT molecular complexity index is 913. The zero-order chi connectivity index (χ0) is 20.3. The van der Waals surface area contributed by atoms with Gasteiger partial charge in [-0.1, -0.05) is 15.9 Å². The number of aryl methyl sites for hydroxylation is 1. The van der Waals surface area contributed by atoms with E-state index < -0.39 is 10.8 Å². The van der Waals surface area contributed by atoms with Crippen LogP contribution in [-0.4, -0.2) is 44.2 Å². The Morgan fingerprint density at radius 2 is 2.00 bits per heavy atom. The maximum absolute atomic E-state index is 12.8. The molecule has 0 radical (unpaired) electrons. The molecule has 0 bridgehead atoms. The van der Waals surface area contributed by atoms with Crippen LogP contribution < -0.4 is 15.0 Å². The smallest absolute Gasteiger partial charge is 0.294 e. The summed E-state index contributed by atoms with van der Waals surface area (Å²) in [5, 5.41) is 14.3. The molecule has 0 aliphatic carbocycles. The Morgan fingerprint density at radius 3 is 2.64 bits per heavy atom. The number of rotatable bonds is 5. The van der Waals surface area contributed by atoms with Crippen molar-refractivity contribution in [3.05, 3.63) is 56.0 Å². The van der Waals surface area contributed by atoms with Crippen LogP contribution in [0.3, 0.4) is 0 Å². The number of halogens is 1. The minimum absolute atomic E-state index is 0.0583. The molecule has 1 aliphatic rings. The first-order chi connectivity index (χ1) is 13.4. The van der Waals surface area contributed by atoms with E-state index >= 15 is 0 Å². The number of amides is 1. The van der Waals surface area contributed by atoms with Gasteiger partial charge in [0.25, 0.3) is 11.6 Å². The molecule has 0 saturated carbocycles. The van der Waals surface area contributed by atoms with Crippen molar-refractivity contribution in [2.45, 2.75) is 6.92 Å². The van der Waals surface area contributed by atoms with Crippen molar-refractivity contribution in [2.75, 3.05) is 43.6 Å². The van der Waals surface area contributed by atoms with Gasteiger partial charge in [0.1, 0.15) is 11.4 Å². The summed E-state index contributed by atoms with van der Waals surface area (Å²) in [6.07, 6.45) is 0. The average molecular weight is 450 g/mol. The number of methoxy groups -OCH3 is 1. The summed E-state index contributed by atoms with van der Waals surface area (Å²) in [5.74, 6) is 0.0507. The second-order valence-electron chi connectivity index (χ2n) is 6.32. The molecule has 2 aromatic rings. The van der Waals surface area contributed by atoms with E-state index in [1.54, 1.807) is 18.2 Å². The highest BCUT2D eigenvalue weighted by Gasteiger charge is 2.23. The van der Waals surface area contributed by atoms with Crippen molar-refractivity contribution in [3.8, 4) is 5.75 Å². The van der Waals surface area contributed by atoms with Crippen LogP contribution >= 0.6 is 15.9 Å². The van der Waals surface area contributed by atoms with E-state index in [0.717, 1.165) is 10.0 Å². The molecule has 8 nitrogen and oxygen atoms in total. The highest BCUT2D eigenvalue weighted by molar-refractivity contribution is 9.10. The van der Waals surface area contributed by atoms with E-state index in [2.05, 4.69) is 21.2 Å². The van der Waals surface area contributed by atoms with Crippen LogP contribution in [0.5, 0.6) is 5.75 Å². The SMILES string of the molecule is COc1c(C)cc(Br)cc1C(=O)Nc1ccc(N2CCOCC2)c([N+](=O)[O-])c1. The first-order valence-electron chi connectivity index (χ1n) is 8.67. The number of nitrogens with zero attached hydrogens (tertiary/aromatic N) is 2. The molecule has 2 aromatic carbocycles. The summed E-state index contributed by atoms with van der Waals surface area (Å²) in [6.45, 7) is 4.06. The lowest BCUT2D eigenvalue weighted by molar-refractivity contribution is -0.384. The first-order valence-corrected chi connectivity index (χ1v) is 9.46. The number of hydrogen-bond donors (Lipinski definition) is 1. The van der Waals surface area contributed by atoms with Crippen LogP contribution in [0.25, 0.3) is 0 Å². The molecule has 0 aromatic heterocycles. The lowest BCUT2D eigenvalue weighted by atomic mass is 10.1. The number of benzene rings is 2. The minimum atomic E-state index is -0.440. The summed E-state index contributed by atoms with van der Waals surface area (Å²) >= 11 is 3.37. The van der Waals surface area contributed by atoms with E-state index in [1.807, 2.05) is 17.9 Å². The lowest BCUT2D eigenvalue weighted by Gasteiger charge is -2.28. The molecule has 148 valence electrons. The van der Waals surface area contributed by atoms with E-state index in [0.29, 0.717) is 49.0 Å². The normalized spacial score (nSPS) is 13.9. The van der Waals surface area contributed by atoms with Crippen molar-refractivity contribution >= 4 is 38.9 Å². The predicted octanol–water partition coefficient (Wildman–Crippen LogP) is 3.76. The third kappa shape index (κ3) is 4.26. The third-order valence-electron chi connectivity index (χ3n) is 4.47. The van der Waals surface area contributed by atoms with E-state index in [4.69, 9.17) is 9.47 Å². The Balaban J connectivity index is 1.90. The molecule has 1 saturated heterocycles. The molecule has 3 rings (SSSR count).